The smallest absolute Gasteiger partial charge is 0.417 e. The van der Waals surface area contributed by atoms with Gasteiger partial charge in [0.1, 0.15) is 9.71 Å². The van der Waals surface area contributed by atoms with Crippen LogP contribution in [0.4, 0.5) is 18.9 Å². The maximum absolute atomic E-state index is 13.3. The molecule has 8 heteroatoms. The van der Waals surface area contributed by atoms with Gasteiger partial charge >= 0.3 is 12.1 Å². The monoisotopic (exact) mass is 332 g/mol. The van der Waals surface area contributed by atoms with Gasteiger partial charge in [-0.1, -0.05) is 13.8 Å². The van der Waals surface area contributed by atoms with Crippen molar-refractivity contribution < 1.29 is 22.7 Å². The van der Waals surface area contributed by atoms with Gasteiger partial charge in [-0.15, -0.1) is 11.3 Å². The second-order valence-corrected chi connectivity index (χ2v) is 6.27. The number of methoxy groups -OCH3 is 1. The van der Waals surface area contributed by atoms with Gasteiger partial charge in [-0.3, -0.25) is 0 Å². The Morgan fingerprint density at radius 1 is 1.45 bits per heavy atom. The first-order valence-corrected chi connectivity index (χ1v) is 7.34. The van der Waals surface area contributed by atoms with Crippen LogP contribution in [-0.4, -0.2) is 18.1 Å². The summed E-state index contributed by atoms with van der Waals surface area (Å²) in [6, 6.07) is 1.01. The number of anilines is 1. The van der Waals surface area contributed by atoms with Gasteiger partial charge in [0, 0.05) is 11.1 Å². The Balaban J connectivity index is 2.76. The number of aromatic nitrogens is 1. The number of pyridine rings is 1. The number of carbonyl (C=O) groups is 1. The zero-order chi connectivity index (χ0) is 16.7. The first-order valence-electron chi connectivity index (χ1n) is 6.52. The first-order chi connectivity index (χ1) is 10.1. The summed E-state index contributed by atoms with van der Waals surface area (Å²) in [4.78, 5) is 15.9. The van der Waals surface area contributed by atoms with Crippen LogP contribution >= 0.6 is 11.3 Å². The van der Waals surface area contributed by atoms with E-state index in [9.17, 15) is 18.0 Å². The van der Waals surface area contributed by atoms with Crippen LogP contribution in [0.2, 0.25) is 0 Å². The molecular formula is C14H15F3N2O2S. The van der Waals surface area contributed by atoms with Crippen molar-refractivity contribution in [3.8, 4) is 0 Å². The highest BCUT2D eigenvalue weighted by Gasteiger charge is 2.36. The molecule has 0 atom stereocenters. The quantitative estimate of drug-likeness (QED) is 0.866. The Hall–Kier alpha value is -1.83. The van der Waals surface area contributed by atoms with Crippen molar-refractivity contribution in [1.82, 2.24) is 4.98 Å². The molecule has 2 aromatic heterocycles. The number of hydrogen-bond acceptors (Lipinski definition) is 5. The Kier molecular flexibility index (Phi) is 4.32. The van der Waals surface area contributed by atoms with Crippen molar-refractivity contribution in [2.45, 2.75) is 26.4 Å². The Morgan fingerprint density at radius 2 is 2.09 bits per heavy atom. The molecule has 0 unspecified atom stereocenters. The lowest BCUT2D eigenvalue weighted by Gasteiger charge is -2.12. The zero-order valence-electron chi connectivity index (χ0n) is 12.2. The Labute approximate surface area is 129 Å². The number of nitrogens with two attached hydrogens (primary N) is 1. The lowest BCUT2D eigenvalue weighted by atomic mass is 10.0. The number of fused-ring (bicyclic) bond motifs is 1. The second-order valence-electron chi connectivity index (χ2n) is 5.27. The average Bonchev–Trinajstić information content (AvgIpc) is 2.72. The Bertz CT molecular complexity index is 723. The van der Waals surface area contributed by atoms with E-state index >= 15 is 0 Å². The van der Waals surface area contributed by atoms with Gasteiger partial charge in [0.15, 0.2) is 0 Å². The summed E-state index contributed by atoms with van der Waals surface area (Å²) >= 11 is 0.817. The predicted molar refractivity (Wildman–Crippen MR) is 78.9 cm³/mol. The van der Waals surface area contributed by atoms with Gasteiger partial charge in [0.05, 0.1) is 18.4 Å². The fraction of sp³-hybridized carbons (Fsp3) is 0.429. The number of carbonyl (C=O) groups excluding carboxylic acids is 1. The highest BCUT2D eigenvalue weighted by atomic mass is 32.1. The number of esters is 1. The Morgan fingerprint density at radius 3 is 2.59 bits per heavy atom. The molecule has 0 aliphatic rings. The lowest BCUT2D eigenvalue weighted by molar-refractivity contribution is -0.136. The molecule has 2 aromatic rings. The number of nitrogens with zero attached hydrogens (tertiary/aromatic N) is 1. The van der Waals surface area contributed by atoms with Crippen LogP contribution in [0.25, 0.3) is 10.2 Å². The van der Waals surface area contributed by atoms with E-state index < -0.39 is 17.7 Å². The third-order valence-electron chi connectivity index (χ3n) is 3.05. The molecule has 2 rings (SSSR count). The van der Waals surface area contributed by atoms with Crippen LogP contribution in [0.3, 0.4) is 0 Å². The standard InChI is InChI=1S/C14H15F3N2O2S/c1-6(2)4-7-5-8(14(15,16)17)9-10(18)11(13(20)21-3)22-12(9)19-7/h5-6H,4,18H2,1-3H3. The average molecular weight is 332 g/mol. The number of alkyl halides is 3. The third kappa shape index (κ3) is 3.01. The van der Waals surface area contributed by atoms with Crippen LogP contribution in [0.15, 0.2) is 6.07 Å². The van der Waals surface area contributed by atoms with Crippen LogP contribution in [-0.2, 0) is 17.3 Å². The molecule has 0 saturated carbocycles. The summed E-state index contributed by atoms with van der Waals surface area (Å²) in [6.45, 7) is 3.78. The first kappa shape index (κ1) is 16.5. The maximum atomic E-state index is 13.3. The van der Waals surface area contributed by atoms with E-state index in [-0.39, 0.29) is 26.7 Å². The molecule has 2 heterocycles. The normalized spacial score (nSPS) is 12.1. The number of nitrogen functional groups attached to an aromatic ring is 1. The molecule has 0 bridgehead atoms. The number of hydrogen-bond donors (Lipinski definition) is 1. The van der Waals surface area contributed by atoms with E-state index in [1.165, 1.54) is 0 Å². The van der Waals surface area contributed by atoms with Gasteiger partial charge in [-0.05, 0) is 18.4 Å². The van der Waals surface area contributed by atoms with Crippen LogP contribution in [0.5, 0.6) is 0 Å². The lowest BCUT2D eigenvalue weighted by Crippen LogP contribution is -2.09. The predicted octanol–water partition coefficient (Wildman–Crippen LogP) is 3.88. The number of ether oxygens (including phenoxy) is 1. The molecule has 22 heavy (non-hydrogen) atoms. The van der Waals surface area contributed by atoms with E-state index in [0.717, 1.165) is 24.5 Å². The minimum atomic E-state index is -4.57. The molecule has 120 valence electrons. The van der Waals surface area contributed by atoms with Crippen molar-refractivity contribution in [3.05, 3.63) is 22.2 Å². The number of rotatable bonds is 3. The summed E-state index contributed by atoms with van der Waals surface area (Å²) in [5, 5.41) is -0.231. The second kappa shape index (κ2) is 5.75. The fourth-order valence-corrected chi connectivity index (χ4v) is 3.22. The third-order valence-corrected chi connectivity index (χ3v) is 4.13. The minimum absolute atomic E-state index is 0.0582. The van der Waals surface area contributed by atoms with E-state index in [1.54, 1.807) is 0 Å². The topological polar surface area (TPSA) is 65.2 Å². The molecule has 2 N–H and O–H groups in total. The largest absolute Gasteiger partial charge is 0.465 e. The molecule has 0 aromatic carbocycles. The molecule has 0 amide bonds. The molecule has 0 spiro atoms. The molecule has 4 nitrogen and oxygen atoms in total. The number of thiophene rings is 1. The van der Waals surface area contributed by atoms with Crippen molar-refractivity contribution in [2.75, 3.05) is 12.8 Å². The van der Waals surface area contributed by atoms with Crippen LogP contribution in [0.1, 0.15) is 34.8 Å². The summed E-state index contributed by atoms with van der Waals surface area (Å²) < 4.78 is 44.5. The summed E-state index contributed by atoms with van der Waals surface area (Å²) in [5.74, 6) is -0.609. The molecule has 0 saturated heterocycles. The summed E-state index contributed by atoms with van der Waals surface area (Å²) in [7, 11) is 1.15. The summed E-state index contributed by atoms with van der Waals surface area (Å²) in [5.41, 5.74) is 4.96. The van der Waals surface area contributed by atoms with E-state index in [0.29, 0.717) is 12.1 Å². The molecule has 0 fully saturated rings. The SMILES string of the molecule is COC(=O)c1sc2nc(CC(C)C)cc(C(F)(F)F)c2c1N. The number of halogens is 3. The molecular weight excluding hydrogens is 317 g/mol. The van der Waals surface area contributed by atoms with Crippen molar-refractivity contribution in [3.63, 3.8) is 0 Å². The van der Waals surface area contributed by atoms with Gasteiger partial charge in [0.25, 0.3) is 0 Å². The maximum Gasteiger partial charge on any atom is 0.417 e. The van der Waals surface area contributed by atoms with Crippen molar-refractivity contribution in [1.29, 1.82) is 0 Å². The zero-order valence-corrected chi connectivity index (χ0v) is 13.1. The van der Waals surface area contributed by atoms with Crippen molar-refractivity contribution in [2.24, 2.45) is 5.92 Å². The summed E-state index contributed by atoms with van der Waals surface area (Å²) in [6.07, 6.45) is -4.17. The highest BCUT2D eigenvalue weighted by Crippen LogP contribution is 2.42. The fourth-order valence-electron chi connectivity index (χ4n) is 2.16. The molecule has 0 aliphatic carbocycles. The molecule has 0 radical (unpaired) electrons. The van der Waals surface area contributed by atoms with Crippen LogP contribution in [0, 0.1) is 5.92 Å². The van der Waals surface area contributed by atoms with Gasteiger partial charge < -0.3 is 10.5 Å². The van der Waals surface area contributed by atoms with E-state index in [1.807, 2.05) is 13.8 Å². The van der Waals surface area contributed by atoms with E-state index in [4.69, 9.17) is 5.73 Å². The minimum Gasteiger partial charge on any atom is -0.465 e. The van der Waals surface area contributed by atoms with Crippen LogP contribution < -0.4 is 5.73 Å². The van der Waals surface area contributed by atoms with Crippen molar-refractivity contribution >= 4 is 33.2 Å². The van der Waals surface area contributed by atoms with Gasteiger partial charge in [-0.25, -0.2) is 9.78 Å². The van der Waals surface area contributed by atoms with Gasteiger partial charge in [-0.2, -0.15) is 13.2 Å². The highest BCUT2D eigenvalue weighted by molar-refractivity contribution is 7.21. The van der Waals surface area contributed by atoms with Gasteiger partial charge in [0.2, 0.25) is 0 Å². The van der Waals surface area contributed by atoms with E-state index in [2.05, 4.69) is 9.72 Å². The molecule has 0 aliphatic heterocycles.